The van der Waals surface area contributed by atoms with E-state index in [0.29, 0.717) is 19.3 Å². The summed E-state index contributed by atoms with van der Waals surface area (Å²) in [5.41, 5.74) is 4.00. The van der Waals surface area contributed by atoms with E-state index < -0.39 is 23.7 Å². The van der Waals surface area contributed by atoms with Crippen LogP contribution >= 0.6 is 0 Å². The molecule has 2 aliphatic rings. The lowest BCUT2D eigenvalue weighted by Crippen LogP contribution is -2.45. The number of fused-ring (bicyclic) bond motifs is 3. The summed E-state index contributed by atoms with van der Waals surface area (Å²) in [5, 5.41) is 14.6. The maximum absolute atomic E-state index is 12.6. The fourth-order valence-corrected chi connectivity index (χ4v) is 4.75. The molecule has 1 saturated heterocycles. The zero-order valence-electron chi connectivity index (χ0n) is 20.1. The first-order valence-corrected chi connectivity index (χ1v) is 12.0. The lowest BCUT2D eigenvalue weighted by Gasteiger charge is -2.26. The van der Waals surface area contributed by atoms with Crippen LogP contribution in [0.15, 0.2) is 48.5 Å². The topological polar surface area (TPSA) is 114 Å². The van der Waals surface area contributed by atoms with Gasteiger partial charge in [-0.1, -0.05) is 48.5 Å². The molecule has 0 spiro atoms. The van der Waals surface area contributed by atoms with Crippen molar-refractivity contribution in [1.82, 2.24) is 10.6 Å². The normalized spacial score (nSPS) is 19.0. The van der Waals surface area contributed by atoms with Gasteiger partial charge in [-0.3, -0.25) is 4.79 Å². The minimum Gasteiger partial charge on any atom is -0.479 e. The second-order valence-corrected chi connectivity index (χ2v) is 9.80. The quantitative estimate of drug-likeness (QED) is 0.503. The average Bonchev–Trinajstić information content (AvgIpc) is 3.43. The van der Waals surface area contributed by atoms with Crippen LogP contribution in [-0.4, -0.2) is 54.0 Å². The van der Waals surface area contributed by atoms with Crippen LogP contribution in [-0.2, 0) is 19.1 Å². The van der Waals surface area contributed by atoms with E-state index in [1.54, 1.807) is 0 Å². The number of carboxylic acid groups (broad SMARTS) is 1. The highest BCUT2D eigenvalue weighted by molar-refractivity contribution is 5.79. The van der Waals surface area contributed by atoms with E-state index in [-0.39, 0.29) is 37.5 Å². The summed E-state index contributed by atoms with van der Waals surface area (Å²) in [6, 6.07) is 16.3. The predicted octanol–water partition coefficient (Wildman–Crippen LogP) is 3.83. The Labute approximate surface area is 205 Å². The lowest BCUT2D eigenvalue weighted by atomic mass is 9.98. The molecule has 8 nitrogen and oxygen atoms in total. The van der Waals surface area contributed by atoms with Crippen molar-refractivity contribution in [2.24, 2.45) is 0 Å². The zero-order chi connectivity index (χ0) is 25.0. The van der Waals surface area contributed by atoms with Gasteiger partial charge in [0.25, 0.3) is 0 Å². The van der Waals surface area contributed by atoms with Crippen molar-refractivity contribution in [2.75, 3.05) is 13.2 Å². The molecule has 2 atom stereocenters. The molecule has 0 saturated carbocycles. The molecule has 2 amide bonds. The largest absolute Gasteiger partial charge is 0.479 e. The fraction of sp³-hybridized carbons (Fsp3) is 0.444. The van der Waals surface area contributed by atoms with Gasteiger partial charge >= 0.3 is 12.1 Å². The van der Waals surface area contributed by atoms with Gasteiger partial charge in [0.2, 0.25) is 5.91 Å². The maximum atomic E-state index is 12.6. The Morgan fingerprint density at radius 1 is 1.03 bits per heavy atom. The number of alkyl carbamates (subject to hydrolysis) is 1. The van der Waals surface area contributed by atoms with Gasteiger partial charge in [0, 0.05) is 24.4 Å². The summed E-state index contributed by atoms with van der Waals surface area (Å²) in [5.74, 6) is -1.16. The number of rotatable bonds is 9. The summed E-state index contributed by atoms with van der Waals surface area (Å²) in [6.07, 6.45) is 0.0949. The molecule has 1 fully saturated rings. The highest BCUT2D eigenvalue weighted by atomic mass is 16.5. The monoisotopic (exact) mass is 480 g/mol. The van der Waals surface area contributed by atoms with Gasteiger partial charge in [0.05, 0.1) is 6.10 Å². The molecule has 186 valence electrons. The van der Waals surface area contributed by atoms with Crippen molar-refractivity contribution in [3.05, 3.63) is 59.7 Å². The van der Waals surface area contributed by atoms with Crippen LogP contribution in [0.3, 0.4) is 0 Å². The van der Waals surface area contributed by atoms with Gasteiger partial charge in [-0.25, -0.2) is 9.59 Å². The van der Waals surface area contributed by atoms with Crippen LogP contribution in [0.25, 0.3) is 11.1 Å². The van der Waals surface area contributed by atoms with E-state index in [2.05, 4.69) is 34.9 Å². The van der Waals surface area contributed by atoms with E-state index >= 15 is 0 Å². The van der Waals surface area contributed by atoms with E-state index in [1.807, 2.05) is 38.1 Å². The molecule has 4 rings (SSSR count). The van der Waals surface area contributed by atoms with Crippen LogP contribution in [0.4, 0.5) is 4.79 Å². The van der Waals surface area contributed by atoms with Crippen molar-refractivity contribution < 1.29 is 29.0 Å². The number of amides is 2. The van der Waals surface area contributed by atoms with E-state index in [0.717, 1.165) is 11.1 Å². The van der Waals surface area contributed by atoms with Crippen LogP contribution in [0.2, 0.25) is 0 Å². The summed E-state index contributed by atoms with van der Waals surface area (Å²) < 4.78 is 11.0. The van der Waals surface area contributed by atoms with Gasteiger partial charge < -0.3 is 25.2 Å². The molecule has 35 heavy (non-hydrogen) atoms. The molecule has 3 N–H and O–H groups in total. The molecule has 0 aromatic heterocycles. The number of nitrogens with one attached hydrogen (secondary N) is 2. The second-order valence-electron chi connectivity index (χ2n) is 9.80. The molecule has 2 aromatic rings. The number of carbonyl (C=O) groups excluding carboxylic acids is 2. The molecule has 1 aliphatic carbocycles. The molecule has 8 heteroatoms. The SMILES string of the molecule is CC(C)(CCC(=O)NCC1CCC(C(=O)O)O1)NC(=O)OCC1c2ccccc2-c2ccccc21. The Kier molecular flexibility index (Phi) is 7.40. The first-order chi connectivity index (χ1) is 16.7. The van der Waals surface area contributed by atoms with Gasteiger partial charge in [-0.05, 0) is 55.4 Å². The minimum absolute atomic E-state index is 0.0134. The van der Waals surface area contributed by atoms with Crippen LogP contribution in [0.5, 0.6) is 0 Å². The predicted molar refractivity (Wildman–Crippen MR) is 130 cm³/mol. The Bertz CT molecular complexity index is 1050. The number of ether oxygens (including phenoxy) is 2. The summed E-state index contributed by atoms with van der Waals surface area (Å²) in [6.45, 7) is 4.20. The van der Waals surface area contributed by atoms with Crippen molar-refractivity contribution in [3.63, 3.8) is 0 Å². The number of benzene rings is 2. The molecular weight excluding hydrogens is 448 g/mol. The van der Waals surface area contributed by atoms with E-state index in [4.69, 9.17) is 14.6 Å². The molecular formula is C27H32N2O6. The zero-order valence-corrected chi connectivity index (χ0v) is 20.1. The lowest BCUT2D eigenvalue weighted by molar-refractivity contribution is -0.149. The maximum Gasteiger partial charge on any atom is 0.407 e. The number of hydrogen-bond acceptors (Lipinski definition) is 5. The third-order valence-corrected chi connectivity index (χ3v) is 6.67. The first-order valence-electron chi connectivity index (χ1n) is 12.0. The van der Waals surface area contributed by atoms with Gasteiger partial charge in [0.15, 0.2) is 6.10 Å². The Hall–Kier alpha value is -3.39. The molecule has 0 bridgehead atoms. The Morgan fingerprint density at radius 3 is 2.26 bits per heavy atom. The number of hydrogen-bond donors (Lipinski definition) is 3. The standard InChI is InChI=1S/C27H32N2O6/c1-27(2,14-13-24(30)28-15-17-11-12-23(35-17)25(31)32)29-26(33)34-16-22-20-9-5-3-7-18(20)19-8-4-6-10-21(19)22/h3-10,17,22-23H,11-16H2,1-2H3,(H,28,30)(H,29,33)(H,31,32). The smallest absolute Gasteiger partial charge is 0.407 e. The molecule has 0 radical (unpaired) electrons. The van der Waals surface area contributed by atoms with E-state index in [1.165, 1.54) is 11.1 Å². The summed E-state index contributed by atoms with van der Waals surface area (Å²) in [7, 11) is 0. The van der Waals surface area contributed by atoms with Crippen LogP contribution in [0.1, 0.15) is 56.6 Å². The van der Waals surface area contributed by atoms with Gasteiger partial charge in [-0.2, -0.15) is 0 Å². The van der Waals surface area contributed by atoms with Crippen LogP contribution < -0.4 is 10.6 Å². The van der Waals surface area contributed by atoms with E-state index in [9.17, 15) is 14.4 Å². The van der Waals surface area contributed by atoms with Gasteiger partial charge in [-0.15, -0.1) is 0 Å². The van der Waals surface area contributed by atoms with Crippen molar-refractivity contribution in [1.29, 1.82) is 0 Å². The molecule has 2 aromatic carbocycles. The first kappa shape index (κ1) is 24.7. The number of carboxylic acids is 1. The molecule has 1 aliphatic heterocycles. The third kappa shape index (κ3) is 6.00. The van der Waals surface area contributed by atoms with Crippen molar-refractivity contribution in [2.45, 2.75) is 63.2 Å². The number of carbonyl (C=O) groups is 3. The van der Waals surface area contributed by atoms with Crippen molar-refractivity contribution in [3.8, 4) is 11.1 Å². The molecule has 2 unspecified atom stereocenters. The Balaban J connectivity index is 1.22. The van der Waals surface area contributed by atoms with Crippen LogP contribution in [0, 0.1) is 0 Å². The fourth-order valence-electron chi connectivity index (χ4n) is 4.75. The summed E-state index contributed by atoms with van der Waals surface area (Å²) >= 11 is 0. The highest BCUT2D eigenvalue weighted by Crippen LogP contribution is 2.44. The third-order valence-electron chi connectivity index (χ3n) is 6.67. The molecule has 1 heterocycles. The Morgan fingerprint density at radius 2 is 1.66 bits per heavy atom. The minimum atomic E-state index is -0.972. The van der Waals surface area contributed by atoms with Crippen molar-refractivity contribution >= 4 is 18.0 Å². The average molecular weight is 481 g/mol. The number of aliphatic carboxylic acids is 1. The summed E-state index contributed by atoms with van der Waals surface area (Å²) in [4.78, 5) is 35.8. The van der Waals surface area contributed by atoms with Gasteiger partial charge in [0.1, 0.15) is 6.61 Å². The second kappa shape index (κ2) is 10.5. The highest BCUT2D eigenvalue weighted by Gasteiger charge is 2.31.